The minimum atomic E-state index is -0.548. The second-order valence-electron chi connectivity index (χ2n) is 8.32. The van der Waals surface area contributed by atoms with Crippen LogP contribution in [0.1, 0.15) is 56.6 Å². The molecule has 1 aliphatic rings. The smallest absolute Gasteiger partial charge is 0.243 e. The minimum absolute atomic E-state index is 0.00724. The van der Waals surface area contributed by atoms with E-state index >= 15 is 0 Å². The predicted octanol–water partition coefficient (Wildman–Crippen LogP) is 4.49. The van der Waals surface area contributed by atoms with E-state index in [1.165, 1.54) is 0 Å². The van der Waals surface area contributed by atoms with Crippen molar-refractivity contribution in [2.45, 2.75) is 70.5 Å². The van der Waals surface area contributed by atoms with Gasteiger partial charge in [-0.15, -0.1) is 0 Å². The summed E-state index contributed by atoms with van der Waals surface area (Å²) >= 11 is 0. The van der Waals surface area contributed by atoms with Crippen molar-refractivity contribution in [3.8, 4) is 5.75 Å². The van der Waals surface area contributed by atoms with Crippen LogP contribution in [0.2, 0.25) is 0 Å². The topological polar surface area (TPSA) is 58.6 Å². The van der Waals surface area contributed by atoms with E-state index in [9.17, 15) is 9.59 Å². The van der Waals surface area contributed by atoms with Crippen LogP contribution in [0.4, 0.5) is 0 Å². The molecular weight excluding hydrogens is 388 g/mol. The Balaban J connectivity index is 1.89. The van der Waals surface area contributed by atoms with Gasteiger partial charge in [0.1, 0.15) is 11.8 Å². The first-order valence-corrected chi connectivity index (χ1v) is 11.4. The molecule has 0 radical (unpaired) electrons. The number of carbonyl (C=O) groups is 2. The van der Waals surface area contributed by atoms with Crippen LogP contribution >= 0.6 is 0 Å². The summed E-state index contributed by atoms with van der Waals surface area (Å²) in [5.41, 5.74) is 2.00. The van der Waals surface area contributed by atoms with E-state index in [1.54, 1.807) is 12.0 Å². The number of nitrogens with one attached hydrogen (secondary N) is 1. The van der Waals surface area contributed by atoms with Gasteiger partial charge in [0.2, 0.25) is 11.8 Å². The molecule has 166 valence electrons. The highest BCUT2D eigenvalue weighted by Gasteiger charge is 2.31. The third-order valence-corrected chi connectivity index (χ3v) is 5.92. The Hall–Kier alpha value is -2.82. The highest BCUT2D eigenvalue weighted by Crippen LogP contribution is 2.21. The van der Waals surface area contributed by atoms with Gasteiger partial charge in [-0.05, 0) is 42.5 Å². The number of hydrogen-bond donors (Lipinski definition) is 1. The van der Waals surface area contributed by atoms with E-state index < -0.39 is 6.04 Å². The Kier molecular flexibility index (Phi) is 8.51. The van der Waals surface area contributed by atoms with Crippen LogP contribution in [0.15, 0.2) is 54.6 Å². The molecule has 3 rings (SSSR count). The van der Waals surface area contributed by atoms with Crippen LogP contribution in [0.5, 0.6) is 5.75 Å². The van der Waals surface area contributed by atoms with Gasteiger partial charge in [-0.2, -0.15) is 0 Å². The third-order valence-electron chi connectivity index (χ3n) is 5.92. The highest BCUT2D eigenvalue weighted by atomic mass is 16.5. The van der Waals surface area contributed by atoms with Gasteiger partial charge >= 0.3 is 0 Å². The second-order valence-corrected chi connectivity index (χ2v) is 8.32. The molecule has 0 aromatic heterocycles. The van der Waals surface area contributed by atoms with E-state index in [4.69, 9.17) is 4.74 Å². The highest BCUT2D eigenvalue weighted by molar-refractivity contribution is 5.88. The van der Waals surface area contributed by atoms with Crippen LogP contribution in [-0.2, 0) is 22.6 Å². The zero-order valence-electron chi connectivity index (χ0n) is 18.7. The first kappa shape index (κ1) is 22.9. The lowest BCUT2D eigenvalue weighted by Gasteiger charge is -2.32. The van der Waals surface area contributed by atoms with Crippen molar-refractivity contribution < 1.29 is 14.3 Å². The van der Waals surface area contributed by atoms with Crippen molar-refractivity contribution in [1.29, 1.82) is 0 Å². The summed E-state index contributed by atoms with van der Waals surface area (Å²) in [7, 11) is 1.63. The molecular formula is C26H34N2O3. The summed E-state index contributed by atoms with van der Waals surface area (Å²) in [6.45, 7) is 2.37. The summed E-state index contributed by atoms with van der Waals surface area (Å²) < 4.78 is 5.35. The maximum Gasteiger partial charge on any atom is 0.243 e. The SMILES string of the molecule is CCCC(=O)N(Cc1cccc(OC)c1)C(Cc1ccccc1)C(=O)NC1CCCC1. The van der Waals surface area contributed by atoms with Crippen LogP contribution in [0, 0.1) is 0 Å². The maximum absolute atomic E-state index is 13.4. The van der Waals surface area contributed by atoms with Crippen molar-refractivity contribution in [2.24, 2.45) is 0 Å². The van der Waals surface area contributed by atoms with Gasteiger partial charge in [-0.25, -0.2) is 0 Å². The van der Waals surface area contributed by atoms with Gasteiger partial charge in [0.05, 0.1) is 7.11 Å². The van der Waals surface area contributed by atoms with Crippen molar-refractivity contribution >= 4 is 11.8 Å². The number of benzene rings is 2. The molecule has 1 N–H and O–H groups in total. The van der Waals surface area contributed by atoms with Crippen LogP contribution < -0.4 is 10.1 Å². The average Bonchev–Trinajstić information content (AvgIpc) is 3.30. The number of amides is 2. The molecule has 1 atom stereocenters. The lowest BCUT2D eigenvalue weighted by Crippen LogP contribution is -2.52. The Labute approximate surface area is 185 Å². The molecule has 0 aliphatic heterocycles. The third kappa shape index (κ3) is 6.58. The standard InChI is InChI=1S/C26H34N2O3/c1-3-10-25(29)28(19-21-13-9-16-23(17-21)31-2)24(18-20-11-5-4-6-12-20)26(30)27-22-14-7-8-15-22/h4-6,9,11-13,16-17,22,24H,3,7-8,10,14-15,18-19H2,1-2H3,(H,27,30). The molecule has 0 saturated heterocycles. The zero-order valence-corrected chi connectivity index (χ0v) is 18.7. The van der Waals surface area contributed by atoms with Crippen molar-refractivity contribution in [3.05, 3.63) is 65.7 Å². The van der Waals surface area contributed by atoms with E-state index in [1.807, 2.05) is 61.5 Å². The van der Waals surface area contributed by atoms with Gasteiger partial charge in [0.25, 0.3) is 0 Å². The van der Waals surface area contributed by atoms with E-state index in [0.717, 1.165) is 49.0 Å². The molecule has 2 aromatic rings. The van der Waals surface area contributed by atoms with Gasteiger partial charge < -0.3 is 15.0 Å². The zero-order chi connectivity index (χ0) is 22.1. The molecule has 1 saturated carbocycles. The fraction of sp³-hybridized carbons (Fsp3) is 0.462. The van der Waals surface area contributed by atoms with Crippen LogP contribution in [-0.4, -0.2) is 35.9 Å². The van der Waals surface area contributed by atoms with Crippen LogP contribution in [0.25, 0.3) is 0 Å². The van der Waals surface area contributed by atoms with Crippen LogP contribution in [0.3, 0.4) is 0 Å². The second kappa shape index (κ2) is 11.5. The lowest BCUT2D eigenvalue weighted by atomic mass is 10.0. The molecule has 2 aromatic carbocycles. The Bertz CT molecular complexity index is 847. The summed E-state index contributed by atoms with van der Waals surface area (Å²) in [4.78, 5) is 28.4. The van der Waals surface area contributed by atoms with Crippen molar-refractivity contribution in [2.75, 3.05) is 7.11 Å². The Morgan fingerprint density at radius 1 is 1.06 bits per heavy atom. The molecule has 2 amide bonds. The predicted molar refractivity (Wildman–Crippen MR) is 123 cm³/mol. The number of nitrogens with zero attached hydrogens (tertiary/aromatic N) is 1. The van der Waals surface area contributed by atoms with Crippen molar-refractivity contribution in [1.82, 2.24) is 10.2 Å². The number of carbonyl (C=O) groups excluding carboxylic acids is 2. The van der Waals surface area contributed by atoms with E-state index in [-0.39, 0.29) is 17.9 Å². The molecule has 0 spiro atoms. The van der Waals surface area contributed by atoms with Gasteiger partial charge in [0, 0.05) is 25.4 Å². The van der Waals surface area contributed by atoms with E-state index in [0.29, 0.717) is 19.4 Å². The van der Waals surface area contributed by atoms with Gasteiger partial charge in [-0.1, -0.05) is 62.2 Å². The summed E-state index contributed by atoms with van der Waals surface area (Å²) in [6.07, 6.45) is 6.00. The summed E-state index contributed by atoms with van der Waals surface area (Å²) in [5.74, 6) is 0.700. The first-order valence-electron chi connectivity index (χ1n) is 11.4. The van der Waals surface area contributed by atoms with Gasteiger partial charge in [-0.3, -0.25) is 9.59 Å². The number of ether oxygens (including phenoxy) is 1. The molecule has 1 unspecified atom stereocenters. The summed E-state index contributed by atoms with van der Waals surface area (Å²) in [6, 6.07) is 17.3. The fourth-order valence-electron chi connectivity index (χ4n) is 4.25. The molecule has 5 nitrogen and oxygen atoms in total. The van der Waals surface area contributed by atoms with Crippen molar-refractivity contribution in [3.63, 3.8) is 0 Å². The maximum atomic E-state index is 13.4. The normalized spacial score (nSPS) is 14.8. The van der Waals surface area contributed by atoms with Gasteiger partial charge in [0.15, 0.2) is 0 Å². The fourth-order valence-corrected chi connectivity index (χ4v) is 4.25. The first-order chi connectivity index (χ1) is 15.1. The Morgan fingerprint density at radius 2 is 1.77 bits per heavy atom. The molecule has 1 aliphatic carbocycles. The molecule has 0 heterocycles. The largest absolute Gasteiger partial charge is 0.497 e. The molecule has 31 heavy (non-hydrogen) atoms. The molecule has 0 bridgehead atoms. The number of rotatable bonds is 10. The van der Waals surface area contributed by atoms with E-state index in [2.05, 4.69) is 5.32 Å². The number of hydrogen-bond acceptors (Lipinski definition) is 3. The quantitative estimate of drug-likeness (QED) is 0.614. The summed E-state index contributed by atoms with van der Waals surface area (Å²) in [5, 5.41) is 3.23. The minimum Gasteiger partial charge on any atom is -0.497 e. The molecule has 5 heteroatoms. The average molecular weight is 423 g/mol. The lowest BCUT2D eigenvalue weighted by molar-refractivity contribution is -0.141. The Morgan fingerprint density at radius 3 is 2.45 bits per heavy atom. The number of methoxy groups -OCH3 is 1. The monoisotopic (exact) mass is 422 g/mol. The molecule has 1 fully saturated rings.